The van der Waals surface area contributed by atoms with Crippen molar-refractivity contribution in [3.8, 4) is 5.75 Å². The standard InChI is InChI=1S/C11H15FN2O/c1-3-4-11(13)14-8-5-6-9(12)10(7-8)15-2/h5-7H,3-4H2,1-2H3,(H2,13,14). The molecule has 0 spiro atoms. The van der Waals surface area contributed by atoms with Gasteiger partial charge in [0.2, 0.25) is 0 Å². The van der Waals surface area contributed by atoms with Crippen LogP contribution in [0.25, 0.3) is 0 Å². The Balaban J connectivity index is 2.91. The van der Waals surface area contributed by atoms with Gasteiger partial charge < -0.3 is 10.5 Å². The Labute approximate surface area is 88.8 Å². The third-order valence-electron chi connectivity index (χ3n) is 1.91. The van der Waals surface area contributed by atoms with Crippen LogP contribution in [0.15, 0.2) is 23.2 Å². The van der Waals surface area contributed by atoms with E-state index in [1.165, 1.54) is 19.2 Å². The summed E-state index contributed by atoms with van der Waals surface area (Å²) in [6, 6.07) is 4.41. The Hall–Kier alpha value is -1.58. The average Bonchev–Trinajstić information content (AvgIpc) is 2.21. The number of hydrogen-bond acceptors (Lipinski definition) is 2. The van der Waals surface area contributed by atoms with Gasteiger partial charge in [0.05, 0.1) is 18.6 Å². The summed E-state index contributed by atoms with van der Waals surface area (Å²) < 4.78 is 17.9. The number of ether oxygens (including phenoxy) is 1. The van der Waals surface area contributed by atoms with Crippen molar-refractivity contribution in [2.24, 2.45) is 10.7 Å². The van der Waals surface area contributed by atoms with E-state index in [0.717, 1.165) is 12.8 Å². The highest BCUT2D eigenvalue weighted by Gasteiger charge is 2.02. The van der Waals surface area contributed by atoms with Gasteiger partial charge in [0.15, 0.2) is 11.6 Å². The van der Waals surface area contributed by atoms with Gasteiger partial charge in [-0.1, -0.05) is 6.92 Å². The van der Waals surface area contributed by atoms with E-state index >= 15 is 0 Å². The molecule has 1 aromatic carbocycles. The van der Waals surface area contributed by atoms with Crippen molar-refractivity contribution >= 4 is 11.5 Å². The van der Waals surface area contributed by atoms with Gasteiger partial charge in [0.1, 0.15) is 0 Å². The fraction of sp³-hybridized carbons (Fsp3) is 0.364. The molecule has 0 aromatic heterocycles. The van der Waals surface area contributed by atoms with Gasteiger partial charge in [-0.25, -0.2) is 9.38 Å². The molecule has 0 amide bonds. The second kappa shape index (κ2) is 5.34. The molecule has 0 atom stereocenters. The first kappa shape index (κ1) is 11.5. The van der Waals surface area contributed by atoms with Gasteiger partial charge in [-0.05, 0) is 18.6 Å². The second-order valence-electron chi connectivity index (χ2n) is 3.17. The molecule has 3 nitrogen and oxygen atoms in total. The smallest absolute Gasteiger partial charge is 0.165 e. The van der Waals surface area contributed by atoms with Crippen LogP contribution in [0.2, 0.25) is 0 Å². The predicted molar refractivity (Wildman–Crippen MR) is 59.1 cm³/mol. The van der Waals surface area contributed by atoms with Gasteiger partial charge in [0, 0.05) is 12.5 Å². The fourth-order valence-electron chi connectivity index (χ4n) is 1.20. The number of rotatable bonds is 4. The Morgan fingerprint density at radius 2 is 2.27 bits per heavy atom. The van der Waals surface area contributed by atoms with E-state index in [-0.39, 0.29) is 5.75 Å². The number of halogens is 1. The number of aliphatic imine (C=N–C) groups is 1. The molecule has 0 bridgehead atoms. The summed E-state index contributed by atoms with van der Waals surface area (Å²) in [4.78, 5) is 4.15. The number of nitrogens with two attached hydrogens (primary N) is 1. The summed E-state index contributed by atoms with van der Waals surface area (Å²) >= 11 is 0. The summed E-state index contributed by atoms with van der Waals surface area (Å²) in [7, 11) is 1.42. The molecule has 15 heavy (non-hydrogen) atoms. The maximum absolute atomic E-state index is 13.1. The molecule has 0 fully saturated rings. The number of hydrogen-bond donors (Lipinski definition) is 1. The maximum atomic E-state index is 13.1. The Morgan fingerprint density at radius 1 is 1.53 bits per heavy atom. The molecule has 82 valence electrons. The molecule has 4 heteroatoms. The number of benzene rings is 1. The maximum Gasteiger partial charge on any atom is 0.165 e. The van der Waals surface area contributed by atoms with E-state index in [2.05, 4.69) is 4.99 Å². The van der Waals surface area contributed by atoms with Crippen LogP contribution in [0.5, 0.6) is 5.75 Å². The summed E-state index contributed by atoms with van der Waals surface area (Å²) in [5, 5.41) is 0. The van der Waals surface area contributed by atoms with Crippen LogP contribution in [-0.4, -0.2) is 12.9 Å². The molecule has 0 saturated carbocycles. The minimum absolute atomic E-state index is 0.181. The van der Waals surface area contributed by atoms with Crippen LogP contribution < -0.4 is 10.5 Å². The summed E-state index contributed by atoms with van der Waals surface area (Å²) in [6.45, 7) is 2.02. The lowest BCUT2D eigenvalue weighted by atomic mass is 10.3. The molecule has 0 radical (unpaired) electrons. The third kappa shape index (κ3) is 3.23. The van der Waals surface area contributed by atoms with Crippen LogP contribution in [0.1, 0.15) is 19.8 Å². The summed E-state index contributed by atoms with van der Waals surface area (Å²) in [5.41, 5.74) is 6.27. The molecule has 2 N–H and O–H groups in total. The molecule has 0 saturated heterocycles. The van der Waals surface area contributed by atoms with E-state index in [1.54, 1.807) is 6.07 Å². The van der Waals surface area contributed by atoms with Crippen molar-refractivity contribution in [3.63, 3.8) is 0 Å². The summed E-state index contributed by atoms with van der Waals surface area (Å²) in [5.74, 6) is 0.331. The van der Waals surface area contributed by atoms with Gasteiger partial charge in [-0.15, -0.1) is 0 Å². The first-order valence-corrected chi connectivity index (χ1v) is 4.84. The molecule has 0 aliphatic carbocycles. The van der Waals surface area contributed by atoms with E-state index < -0.39 is 5.82 Å². The lowest BCUT2D eigenvalue weighted by Crippen LogP contribution is -2.09. The minimum atomic E-state index is -0.398. The molecule has 0 aliphatic heterocycles. The van der Waals surface area contributed by atoms with Gasteiger partial charge in [-0.3, -0.25) is 0 Å². The minimum Gasteiger partial charge on any atom is -0.494 e. The van der Waals surface area contributed by atoms with E-state index in [1.807, 2.05) is 6.92 Å². The van der Waals surface area contributed by atoms with Crippen molar-refractivity contribution in [3.05, 3.63) is 24.0 Å². The second-order valence-corrected chi connectivity index (χ2v) is 3.17. The van der Waals surface area contributed by atoms with Gasteiger partial charge >= 0.3 is 0 Å². The molecular weight excluding hydrogens is 195 g/mol. The van der Waals surface area contributed by atoms with Crippen molar-refractivity contribution in [2.75, 3.05) is 7.11 Å². The van der Waals surface area contributed by atoms with Crippen molar-refractivity contribution in [2.45, 2.75) is 19.8 Å². The first-order chi connectivity index (χ1) is 7.17. The Morgan fingerprint density at radius 3 is 2.87 bits per heavy atom. The predicted octanol–water partition coefficient (Wildman–Crippen LogP) is 2.62. The highest BCUT2D eigenvalue weighted by molar-refractivity contribution is 5.83. The molecule has 1 aromatic rings. The lowest BCUT2D eigenvalue weighted by molar-refractivity contribution is 0.387. The normalized spacial score (nSPS) is 11.5. The molecular formula is C11H15FN2O. The van der Waals surface area contributed by atoms with E-state index in [0.29, 0.717) is 11.5 Å². The monoisotopic (exact) mass is 210 g/mol. The zero-order chi connectivity index (χ0) is 11.3. The fourth-order valence-corrected chi connectivity index (χ4v) is 1.20. The van der Waals surface area contributed by atoms with E-state index in [4.69, 9.17) is 10.5 Å². The largest absolute Gasteiger partial charge is 0.494 e. The molecule has 0 unspecified atom stereocenters. The van der Waals surface area contributed by atoms with Crippen LogP contribution in [0.3, 0.4) is 0 Å². The number of methoxy groups -OCH3 is 1. The number of nitrogens with zero attached hydrogens (tertiary/aromatic N) is 1. The van der Waals surface area contributed by atoms with Crippen LogP contribution in [0, 0.1) is 5.82 Å². The zero-order valence-electron chi connectivity index (χ0n) is 8.96. The van der Waals surface area contributed by atoms with Gasteiger partial charge in [-0.2, -0.15) is 0 Å². The zero-order valence-corrected chi connectivity index (χ0v) is 8.96. The lowest BCUT2D eigenvalue weighted by Gasteiger charge is -2.03. The Bertz CT molecular complexity index is 364. The average molecular weight is 210 g/mol. The van der Waals surface area contributed by atoms with E-state index in [9.17, 15) is 4.39 Å². The third-order valence-corrected chi connectivity index (χ3v) is 1.91. The molecule has 1 rings (SSSR count). The van der Waals surface area contributed by atoms with Crippen LogP contribution in [0.4, 0.5) is 10.1 Å². The highest BCUT2D eigenvalue weighted by Crippen LogP contribution is 2.23. The van der Waals surface area contributed by atoms with Crippen molar-refractivity contribution in [1.82, 2.24) is 0 Å². The van der Waals surface area contributed by atoms with Crippen molar-refractivity contribution < 1.29 is 9.13 Å². The SMILES string of the molecule is CCCC(N)=Nc1ccc(F)c(OC)c1. The van der Waals surface area contributed by atoms with Crippen LogP contribution >= 0.6 is 0 Å². The first-order valence-electron chi connectivity index (χ1n) is 4.84. The topological polar surface area (TPSA) is 47.6 Å². The Kier molecular flexibility index (Phi) is 4.09. The highest BCUT2D eigenvalue weighted by atomic mass is 19.1. The van der Waals surface area contributed by atoms with Gasteiger partial charge in [0.25, 0.3) is 0 Å². The number of amidine groups is 1. The quantitative estimate of drug-likeness (QED) is 0.613. The summed E-state index contributed by atoms with van der Waals surface area (Å²) in [6.07, 6.45) is 1.67. The van der Waals surface area contributed by atoms with Crippen molar-refractivity contribution in [1.29, 1.82) is 0 Å². The molecule has 0 aliphatic rings. The molecule has 0 heterocycles. The van der Waals surface area contributed by atoms with Crippen LogP contribution in [-0.2, 0) is 0 Å².